The number of nitrogens with two attached hydrogens (primary N) is 1. The highest BCUT2D eigenvalue weighted by Gasteiger charge is 2.09. The molecule has 0 unspecified atom stereocenters. The first-order chi connectivity index (χ1) is 15.2. The van der Waals surface area contributed by atoms with E-state index in [1.807, 2.05) is 0 Å². The van der Waals surface area contributed by atoms with Gasteiger partial charge in [0.2, 0.25) is 0 Å². The van der Waals surface area contributed by atoms with E-state index in [4.69, 9.17) is 5.11 Å². The summed E-state index contributed by atoms with van der Waals surface area (Å²) < 4.78 is 33.8. The molecule has 170 valence electrons. The van der Waals surface area contributed by atoms with Gasteiger partial charge < -0.3 is 20.3 Å². The molecule has 0 bridgehead atoms. The third kappa shape index (κ3) is 7.58. The van der Waals surface area contributed by atoms with Gasteiger partial charge in [-0.05, 0) is 25.0 Å². The summed E-state index contributed by atoms with van der Waals surface area (Å²) in [5.41, 5.74) is 1.97. The predicted octanol–water partition coefficient (Wildman–Crippen LogP) is -0.0874. The van der Waals surface area contributed by atoms with Gasteiger partial charge in [0.25, 0.3) is 11.7 Å². The molecule has 0 saturated carbocycles. The number of nitrogens with zero attached hydrogens (tertiary/aromatic N) is 2. The number of benzene rings is 1. The van der Waals surface area contributed by atoms with Crippen LogP contribution in [0.15, 0.2) is 64.4 Å². The molecule has 1 aromatic heterocycles. The molecule has 2 rings (SSSR count). The smallest absolute Gasteiger partial charge is 0.351 e. The second-order valence-corrected chi connectivity index (χ2v) is 7.79. The Kier molecular flexibility index (Phi) is 9.01. The van der Waals surface area contributed by atoms with E-state index in [-0.39, 0.29) is 22.1 Å². The Bertz CT molecular complexity index is 1110. The number of nitrogens with one attached hydrogen (secondary N) is 2. The normalized spacial score (nSPS) is 12.0. The summed E-state index contributed by atoms with van der Waals surface area (Å²) >= 11 is 0. The van der Waals surface area contributed by atoms with Crippen LogP contribution in [0.25, 0.3) is 0 Å². The van der Waals surface area contributed by atoms with Crippen LogP contribution in [0.1, 0.15) is 28.8 Å². The lowest BCUT2D eigenvalue weighted by atomic mass is 10.2. The fourth-order valence-corrected chi connectivity index (χ4v) is 3.23. The van der Waals surface area contributed by atoms with Crippen LogP contribution < -0.4 is 16.1 Å². The molecule has 2 aromatic rings. The summed E-state index contributed by atoms with van der Waals surface area (Å²) in [6.45, 7) is 0.367. The van der Waals surface area contributed by atoms with Crippen LogP contribution in [-0.2, 0) is 14.9 Å². The Labute approximate surface area is 185 Å². The molecule has 0 fully saturated rings. The van der Waals surface area contributed by atoms with Gasteiger partial charge in [0.05, 0.1) is 16.7 Å². The monoisotopic (exact) mass is 461 g/mol. The topological polar surface area (TPSA) is 177 Å². The summed E-state index contributed by atoms with van der Waals surface area (Å²) in [6.07, 6.45) is 5.22. The molecule has 0 aliphatic carbocycles. The molecule has 0 radical (unpaired) electrons. The van der Waals surface area contributed by atoms with E-state index in [1.165, 1.54) is 43.1 Å². The van der Waals surface area contributed by atoms with Crippen molar-refractivity contribution in [3.63, 3.8) is 0 Å². The zero-order valence-electron chi connectivity index (χ0n) is 17.2. The molecule has 32 heavy (non-hydrogen) atoms. The maximum atomic E-state index is 12.1. The second-order valence-electron chi connectivity index (χ2n) is 6.44. The SMILES string of the molecule is CN/C(=C/CCCNC(=O)c1ccc([NH2+]/N=C/c2ccccc2S(=O)(=O)[O-])nc1)C(=O)O. The summed E-state index contributed by atoms with van der Waals surface area (Å²) in [5, 5.41) is 18.2. The maximum absolute atomic E-state index is 12.1. The summed E-state index contributed by atoms with van der Waals surface area (Å²) in [6, 6.07) is 8.82. The quantitative estimate of drug-likeness (QED) is 0.0895. The van der Waals surface area contributed by atoms with E-state index >= 15 is 0 Å². The lowest BCUT2D eigenvalue weighted by Gasteiger charge is -2.08. The Balaban J connectivity index is 1.86. The van der Waals surface area contributed by atoms with Crippen molar-refractivity contribution in [3.8, 4) is 0 Å². The van der Waals surface area contributed by atoms with E-state index in [2.05, 4.69) is 20.7 Å². The van der Waals surface area contributed by atoms with Crippen molar-refractivity contribution in [2.45, 2.75) is 17.7 Å². The summed E-state index contributed by atoms with van der Waals surface area (Å²) in [4.78, 5) is 26.7. The average Bonchev–Trinajstić information content (AvgIpc) is 2.76. The molecule has 0 aliphatic heterocycles. The number of carboxylic acids is 1. The molecular formula is C20H23N5O6S. The second kappa shape index (κ2) is 11.7. The van der Waals surface area contributed by atoms with Crippen LogP contribution in [0.5, 0.6) is 0 Å². The minimum Gasteiger partial charge on any atom is -0.744 e. The van der Waals surface area contributed by atoms with E-state index < -0.39 is 16.1 Å². The molecule has 1 amide bonds. The van der Waals surface area contributed by atoms with E-state index in [1.54, 1.807) is 24.3 Å². The van der Waals surface area contributed by atoms with Gasteiger partial charge >= 0.3 is 5.97 Å². The molecule has 0 spiro atoms. The van der Waals surface area contributed by atoms with E-state index in [0.29, 0.717) is 30.8 Å². The number of aromatic nitrogens is 1. The van der Waals surface area contributed by atoms with Crippen molar-refractivity contribution in [2.75, 3.05) is 13.6 Å². The van der Waals surface area contributed by atoms with Crippen molar-refractivity contribution < 1.29 is 33.1 Å². The average molecular weight is 462 g/mol. The lowest BCUT2D eigenvalue weighted by molar-refractivity contribution is -0.580. The molecule has 1 aromatic carbocycles. The Hall–Kier alpha value is -3.61. The van der Waals surface area contributed by atoms with Crippen molar-refractivity contribution in [3.05, 3.63) is 65.5 Å². The number of quaternary nitrogens is 1. The van der Waals surface area contributed by atoms with E-state index in [0.717, 1.165) is 0 Å². The number of pyridine rings is 1. The van der Waals surface area contributed by atoms with Crippen molar-refractivity contribution >= 4 is 34.0 Å². The van der Waals surface area contributed by atoms with Gasteiger partial charge in [-0.15, -0.1) is 0 Å². The fourth-order valence-electron chi connectivity index (χ4n) is 2.57. The van der Waals surface area contributed by atoms with Crippen LogP contribution >= 0.6 is 0 Å². The van der Waals surface area contributed by atoms with Gasteiger partial charge in [0.1, 0.15) is 15.8 Å². The molecule has 5 N–H and O–H groups in total. The Morgan fingerprint density at radius 2 is 2.00 bits per heavy atom. The molecule has 12 heteroatoms. The van der Waals surface area contributed by atoms with Gasteiger partial charge in [-0.1, -0.05) is 29.4 Å². The standard InChI is InChI=1S/C20H23N5O6S/c1-21-16(20(27)28)7-4-5-11-22-19(26)15-9-10-18(23-12-15)25-24-13-14-6-2-3-8-17(14)32(29,30)31/h2-3,6-10,12-13,21H,4-5,11H2,1H3,(H,22,26)(H,23,25)(H,27,28)(H,29,30,31)/b16-7+,24-13+. The van der Waals surface area contributed by atoms with Crippen LogP contribution in [0.3, 0.4) is 0 Å². The molecule has 0 aliphatic rings. The Morgan fingerprint density at radius 3 is 2.62 bits per heavy atom. The number of carboxylic acid groups (broad SMARTS) is 1. The summed E-state index contributed by atoms with van der Waals surface area (Å²) in [5.74, 6) is -0.930. The molecule has 0 atom stereocenters. The van der Waals surface area contributed by atoms with Crippen LogP contribution in [0.4, 0.5) is 5.82 Å². The first-order valence-electron chi connectivity index (χ1n) is 9.49. The number of aliphatic carboxylic acids is 1. The molecule has 1 heterocycles. The van der Waals surface area contributed by atoms with Crippen LogP contribution in [0, 0.1) is 0 Å². The van der Waals surface area contributed by atoms with E-state index in [9.17, 15) is 22.6 Å². The van der Waals surface area contributed by atoms with Crippen molar-refractivity contribution in [1.29, 1.82) is 0 Å². The number of likely N-dealkylation sites (N-methyl/N-ethyl adjacent to an activating group) is 1. The van der Waals surface area contributed by atoms with Gasteiger partial charge in [0, 0.05) is 31.4 Å². The van der Waals surface area contributed by atoms with Crippen LogP contribution in [-0.4, -0.2) is 54.7 Å². The largest absolute Gasteiger partial charge is 0.744 e. The lowest BCUT2D eigenvalue weighted by Crippen LogP contribution is -2.71. The zero-order chi connectivity index (χ0) is 23.6. The molecular weight excluding hydrogens is 438 g/mol. The zero-order valence-corrected chi connectivity index (χ0v) is 18.0. The highest BCUT2D eigenvalue weighted by molar-refractivity contribution is 7.85. The van der Waals surface area contributed by atoms with Crippen molar-refractivity contribution in [2.24, 2.45) is 5.10 Å². The predicted molar refractivity (Wildman–Crippen MR) is 114 cm³/mol. The number of allylic oxidation sites excluding steroid dienone is 1. The number of carbonyl (C=O) groups excluding carboxylic acids is 1. The third-order valence-corrected chi connectivity index (χ3v) is 5.08. The van der Waals surface area contributed by atoms with Crippen molar-refractivity contribution in [1.82, 2.24) is 15.6 Å². The number of hydrogen-bond donors (Lipinski definition) is 4. The highest BCUT2D eigenvalue weighted by Crippen LogP contribution is 2.12. The minimum absolute atomic E-state index is 0.105. The fraction of sp³-hybridized carbons (Fsp3) is 0.200. The Morgan fingerprint density at radius 1 is 1.25 bits per heavy atom. The maximum Gasteiger partial charge on any atom is 0.351 e. The number of rotatable bonds is 11. The number of unbranched alkanes of at least 4 members (excludes halogenated alkanes) is 1. The third-order valence-electron chi connectivity index (χ3n) is 4.17. The van der Waals surface area contributed by atoms with Gasteiger partial charge in [-0.2, -0.15) is 5.43 Å². The van der Waals surface area contributed by atoms with Gasteiger partial charge in [-0.25, -0.2) is 18.2 Å². The highest BCUT2D eigenvalue weighted by atomic mass is 32.2. The molecule has 11 nitrogen and oxygen atoms in total. The number of carbonyl (C=O) groups is 2. The van der Waals surface area contributed by atoms with Gasteiger partial charge in [-0.3, -0.25) is 4.79 Å². The molecule has 0 saturated heterocycles. The first kappa shape index (κ1) is 24.7. The van der Waals surface area contributed by atoms with Crippen LogP contribution in [0.2, 0.25) is 0 Å². The number of amides is 1. The first-order valence-corrected chi connectivity index (χ1v) is 10.9. The number of hydrogen-bond acceptors (Lipinski definition) is 8. The summed E-state index contributed by atoms with van der Waals surface area (Å²) in [7, 11) is -3.09. The van der Waals surface area contributed by atoms with Gasteiger partial charge in [0.15, 0.2) is 0 Å². The minimum atomic E-state index is -4.61.